The van der Waals surface area contributed by atoms with E-state index in [1.54, 1.807) is 0 Å². The van der Waals surface area contributed by atoms with Gasteiger partial charge in [0.15, 0.2) is 0 Å². The van der Waals surface area contributed by atoms with Crippen molar-refractivity contribution in [3.05, 3.63) is 23.8 Å². The van der Waals surface area contributed by atoms with Crippen molar-refractivity contribution < 1.29 is 19.5 Å². The predicted molar refractivity (Wildman–Crippen MR) is 78.2 cm³/mol. The number of hydrogen-bond acceptors (Lipinski definition) is 3. The first kappa shape index (κ1) is 15.6. The molecule has 1 aromatic carbocycles. The molecule has 0 saturated heterocycles. The van der Waals surface area contributed by atoms with Crippen molar-refractivity contribution in [3.63, 3.8) is 0 Å². The largest absolute Gasteiger partial charge is 0.478 e. The number of carboxylic acids is 1. The van der Waals surface area contributed by atoms with Gasteiger partial charge in [-0.1, -0.05) is 31.9 Å². The fourth-order valence-corrected chi connectivity index (χ4v) is 1.56. The number of alkyl halides is 2. The normalized spacial score (nSPS) is 9.79. The van der Waals surface area contributed by atoms with Crippen LogP contribution >= 0.6 is 31.9 Å². The highest BCUT2D eigenvalue weighted by atomic mass is 79.9. The molecule has 0 radical (unpaired) electrons. The van der Waals surface area contributed by atoms with Gasteiger partial charge in [0, 0.05) is 11.4 Å². The van der Waals surface area contributed by atoms with E-state index in [4.69, 9.17) is 5.11 Å². The molecule has 19 heavy (non-hydrogen) atoms. The van der Waals surface area contributed by atoms with E-state index in [1.165, 1.54) is 18.2 Å². The second-order valence-electron chi connectivity index (χ2n) is 3.47. The fraction of sp³-hybridized carbons (Fsp3) is 0.182. The Kier molecular flexibility index (Phi) is 5.97. The highest BCUT2D eigenvalue weighted by molar-refractivity contribution is 9.09. The Bertz CT molecular complexity index is 483. The maximum atomic E-state index is 11.3. The van der Waals surface area contributed by atoms with E-state index in [2.05, 4.69) is 42.5 Å². The van der Waals surface area contributed by atoms with Crippen LogP contribution in [-0.2, 0) is 9.59 Å². The van der Waals surface area contributed by atoms with Gasteiger partial charge in [0.25, 0.3) is 0 Å². The molecular formula is C11H10Br2N2O4. The number of nitrogens with one attached hydrogen (secondary N) is 2. The van der Waals surface area contributed by atoms with E-state index in [0.29, 0.717) is 11.4 Å². The summed E-state index contributed by atoms with van der Waals surface area (Å²) in [6, 6.07) is 4.10. The van der Waals surface area contributed by atoms with Gasteiger partial charge < -0.3 is 15.7 Å². The Hall–Kier alpha value is -1.41. The van der Waals surface area contributed by atoms with Crippen LogP contribution in [0.3, 0.4) is 0 Å². The maximum Gasteiger partial charge on any atom is 0.335 e. The summed E-state index contributed by atoms with van der Waals surface area (Å²) in [6.07, 6.45) is 0. The van der Waals surface area contributed by atoms with Crippen LogP contribution in [0.15, 0.2) is 18.2 Å². The number of hydrogen-bond donors (Lipinski definition) is 3. The average molecular weight is 394 g/mol. The Morgan fingerprint density at radius 3 is 1.68 bits per heavy atom. The number of halogens is 2. The summed E-state index contributed by atoms with van der Waals surface area (Å²) in [5.74, 6) is -1.79. The quantitative estimate of drug-likeness (QED) is 0.667. The zero-order valence-electron chi connectivity index (χ0n) is 9.57. The molecule has 1 rings (SSSR count). The minimum Gasteiger partial charge on any atom is -0.478 e. The van der Waals surface area contributed by atoms with E-state index < -0.39 is 5.97 Å². The van der Waals surface area contributed by atoms with Crippen molar-refractivity contribution >= 4 is 61.0 Å². The third kappa shape index (κ3) is 4.99. The second kappa shape index (κ2) is 7.25. The summed E-state index contributed by atoms with van der Waals surface area (Å²) in [6.45, 7) is 0. The lowest BCUT2D eigenvalue weighted by molar-refractivity contribution is -0.114. The number of rotatable bonds is 5. The lowest BCUT2D eigenvalue weighted by atomic mass is 10.1. The van der Waals surface area contributed by atoms with Gasteiger partial charge in [-0.05, 0) is 18.2 Å². The molecule has 6 nitrogen and oxygen atoms in total. The van der Waals surface area contributed by atoms with Gasteiger partial charge in [0.2, 0.25) is 11.8 Å². The van der Waals surface area contributed by atoms with Crippen LogP contribution in [0.25, 0.3) is 0 Å². The topological polar surface area (TPSA) is 95.5 Å². The standard InChI is InChI=1S/C11H10Br2N2O4/c12-4-9(16)14-7-1-6(11(18)19)2-8(3-7)15-10(17)5-13/h1-3H,4-5H2,(H,14,16)(H,15,17)(H,18,19). The number of amides is 2. The van der Waals surface area contributed by atoms with Crippen LogP contribution in [0.4, 0.5) is 11.4 Å². The molecule has 0 aliphatic heterocycles. The van der Waals surface area contributed by atoms with E-state index >= 15 is 0 Å². The highest BCUT2D eigenvalue weighted by Gasteiger charge is 2.10. The van der Waals surface area contributed by atoms with E-state index in [0.717, 1.165) is 0 Å². The first-order valence-corrected chi connectivity index (χ1v) is 7.30. The third-order valence-electron chi connectivity index (χ3n) is 1.99. The minimum absolute atomic E-state index is 0.0303. The smallest absolute Gasteiger partial charge is 0.335 e. The maximum absolute atomic E-state index is 11.3. The van der Waals surface area contributed by atoms with Crippen LogP contribution in [0, 0.1) is 0 Å². The molecule has 0 aliphatic rings. The molecule has 0 aromatic heterocycles. The monoisotopic (exact) mass is 392 g/mol. The van der Waals surface area contributed by atoms with Crippen LogP contribution in [0.5, 0.6) is 0 Å². The molecule has 0 aliphatic carbocycles. The minimum atomic E-state index is -1.15. The van der Waals surface area contributed by atoms with Gasteiger partial charge in [-0.2, -0.15) is 0 Å². The van der Waals surface area contributed by atoms with Crippen LogP contribution in [0.2, 0.25) is 0 Å². The number of anilines is 2. The van der Waals surface area contributed by atoms with Crippen molar-refractivity contribution in [1.82, 2.24) is 0 Å². The molecule has 102 valence electrons. The van der Waals surface area contributed by atoms with Gasteiger partial charge in [-0.3, -0.25) is 9.59 Å². The lowest BCUT2D eigenvalue weighted by Crippen LogP contribution is -2.15. The molecule has 1 aromatic rings. The zero-order valence-corrected chi connectivity index (χ0v) is 12.7. The molecule has 0 bridgehead atoms. The van der Waals surface area contributed by atoms with Crippen molar-refractivity contribution in [3.8, 4) is 0 Å². The summed E-state index contributed by atoms with van der Waals surface area (Å²) in [4.78, 5) is 33.5. The molecule has 0 fully saturated rings. The van der Waals surface area contributed by atoms with Gasteiger partial charge in [-0.15, -0.1) is 0 Å². The molecule has 2 amide bonds. The molecule has 0 heterocycles. The fourth-order valence-electron chi connectivity index (χ4n) is 1.28. The second-order valence-corrected chi connectivity index (χ2v) is 4.59. The Morgan fingerprint density at radius 2 is 1.37 bits per heavy atom. The average Bonchev–Trinajstić information content (AvgIpc) is 2.37. The van der Waals surface area contributed by atoms with Gasteiger partial charge >= 0.3 is 5.97 Å². The van der Waals surface area contributed by atoms with Crippen LogP contribution < -0.4 is 10.6 Å². The summed E-state index contributed by atoms with van der Waals surface area (Å²) >= 11 is 5.97. The van der Waals surface area contributed by atoms with Crippen molar-refractivity contribution in [1.29, 1.82) is 0 Å². The van der Waals surface area contributed by atoms with Crippen LogP contribution in [0.1, 0.15) is 10.4 Å². The SMILES string of the molecule is O=C(CBr)Nc1cc(NC(=O)CBr)cc(C(=O)O)c1. The molecular weight excluding hydrogens is 384 g/mol. The van der Waals surface area contributed by atoms with E-state index in [-0.39, 0.29) is 28.0 Å². The van der Waals surface area contributed by atoms with E-state index in [1.807, 2.05) is 0 Å². The molecule has 0 atom stereocenters. The number of aromatic carboxylic acids is 1. The Labute approximate surface area is 125 Å². The number of carboxylic acid groups (broad SMARTS) is 1. The van der Waals surface area contributed by atoms with Gasteiger partial charge in [0.1, 0.15) is 0 Å². The van der Waals surface area contributed by atoms with Gasteiger partial charge in [-0.25, -0.2) is 4.79 Å². The molecule has 0 saturated carbocycles. The summed E-state index contributed by atoms with van der Waals surface area (Å²) in [5.41, 5.74) is 0.570. The van der Waals surface area contributed by atoms with Gasteiger partial charge in [0.05, 0.1) is 16.2 Å². The lowest BCUT2D eigenvalue weighted by Gasteiger charge is -2.09. The van der Waals surface area contributed by atoms with Crippen molar-refractivity contribution in [2.24, 2.45) is 0 Å². The van der Waals surface area contributed by atoms with E-state index in [9.17, 15) is 14.4 Å². The third-order valence-corrected chi connectivity index (χ3v) is 3.01. The first-order chi connectivity index (χ1) is 8.96. The van der Waals surface area contributed by atoms with Crippen molar-refractivity contribution in [2.75, 3.05) is 21.3 Å². The van der Waals surface area contributed by atoms with Crippen LogP contribution in [-0.4, -0.2) is 33.6 Å². The zero-order chi connectivity index (χ0) is 14.4. The molecule has 8 heteroatoms. The highest BCUT2D eigenvalue weighted by Crippen LogP contribution is 2.19. The summed E-state index contributed by atoms with van der Waals surface area (Å²) in [5, 5.41) is 14.2. The predicted octanol–water partition coefficient (Wildman–Crippen LogP) is 2.05. The number of carbonyl (C=O) groups is 3. The molecule has 0 spiro atoms. The first-order valence-electron chi connectivity index (χ1n) is 5.06. The van der Waals surface area contributed by atoms with Crippen molar-refractivity contribution in [2.45, 2.75) is 0 Å². The Balaban J connectivity index is 3.06. The summed E-state index contributed by atoms with van der Waals surface area (Å²) in [7, 11) is 0. The summed E-state index contributed by atoms with van der Waals surface area (Å²) < 4.78 is 0. The molecule has 3 N–H and O–H groups in total. The Morgan fingerprint density at radius 1 is 0.947 bits per heavy atom. The molecule has 0 unspecified atom stereocenters. The number of benzene rings is 1. The number of carbonyl (C=O) groups excluding carboxylic acids is 2.